The van der Waals surface area contributed by atoms with Gasteiger partial charge in [0.2, 0.25) is 5.78 Å². The number of nitrogens with zero attached hydrogens (tertiary/aromatic N) is 2. The van der Waals surface area contributed by atoms with Crippen LogP contribution in [0.4, 0.5) is 4.39 Å². The van der Waals surface area contributed by atoms with Gasteiger partial charge in [-0.3, -0.25) is 14.0 Å². The Bertz CT molecular complexity index is 806. The molecule has 20 heavy (non-hydrogen) atoms. The lowest BCUT2D eigenvalue weighted by Gasteiger charge is -2.01. The molecule has 0 atom stereocenters. The van der Waals surface area contributed by atoms with E-state index in [9.17, 15) is 14.0 Å². The number of halogens is 1. The molecule has 0 saturated carbocycles. The summed E-state index contributed by atoms with van der Waals surface area (Å²) in [5, 5.41) is 0. The minimum absolute atomic E-state index is 0.155. The van der Waals surface area contributed by atoms with Crippen molar-refractivity contribution in [2.75, 3.05) is 0 Å². The van der Waals surface area contributed by atoms with E-state index in [1.807, 2.05) is 0 Å². The van der Waals surface area contributed by atoms with Crippen molar-refractivity contribution in [3.63, 3.8) is 0 Å². The van der Waals surface area contributed by atoms with Crippen LogP contribution in [-0.4, -0.2) is 21.0 Å². The van der Waals surface area contributed by atoms with E-state index in [-0.39, 0.29) is 11.3 Å². The molecule has 0 aliphatic carbocycles. The third-order valence-corrected chi connectivity index (χ3v) is 2.96. The molecule has 98 valence electrons. The summed E-state index contributed by atoms with van der Waals surface area (Å²) in [4.78, 5) is 28.3. The van der Waals surface area contributed by atoms with E-state index in [0.29, 0.717) is 5.65 Å². The Morgan fingerprint density at radius 3 is 2.50 bits per heavy atom. The lowest BCUT2D eigenvalue weighted by atomic mass is 10.1. The number of hydrogen-bond acceptors (Lipinski definition) is 3. The molecular weight excluding hydrogens is 259 g/mol. The highest BCUT2D eigenvalue weighted by atomic mass is 19.1. The maximum atomic E-state index is 12.8. The van der Waals surface area contributed by atoms with Crippen LogP contribution in [0.2, 0.25) is 0 Å². The lowest BCUT2D eigenvalue weighted by molar-refractivity contribution is 0.0813. The molecule has 3 rings (SSSR count). The Kier molecular flexibility index (Phi) is 2.87. The standard InChI is InChI=1S/C15H9FN2O2/c16-11-6-4-10(5-7-11)14(19)15(20)12-9-17-13-3-1-2-8-18(12)13/h1-9H. The van der Waals surface area contributed by atoms with Gasteiger partial charge in [-0.15, -0.1) is 0 Å². The largest absolute Gasteiger partial charge is 0.297 e. The number of fused-ring (bicyclic) bond motifs is 1. The van der Waals surface area contributed by atoms with Crippen LogP contribution in [0.15, 0.2) is 54.9 Å². The highest BCUT2D eigenvalue weighted by Crippen LogP contribution is 2.11. The quantitative estimate of drug-likeness (QED) is 0.542. The van der Waals surface area contributed by atoms with Crippen LogP contribution in [0.1, 0.15) is 20.8 Å². The maximum absolute atomic E-state index is 12.8. The van der Waals surface area contributed by atoms with E-state index in [2.05, 4.69) is 4.98 Å². The Hall–Kier alpha value is -2.82. The van der Waals surface area contributed by atoms with Crippen LogP contribution in [0.5, 0.6) is 0 Å². The second kappa shape index (κ2) is 4.70. The molecule has 1 aromatic carbocycles. The van der Waals surface area contributed by atoms with Gasteiger partial charge in [0.1, 0.15) is 17.2 Å². The van der Waals surface area contributed by atoms with Gasteiger partial charge in [-0.25, -0.2) is 9.37 Å². The van der Waals surface area contributed by atoms with Gasteiger partial charge in [-0.1, -0.05) is 6.07 Å². The van der Waals surface area contributed by atoms with Gasteiger partial charge in [-0.2, -0.15) is 0 Å². The van der Waals surface area contributed by atoms with E-state index in [1.54, 1.807) is 28.8 Å². The summed E-state index contributed by atoms with van der Waals surface area (Å²) in [7, 11) is 0. The summed E-state index contributed by atoms with van der Waals surface area (Å²) in [6.07, 6.45) is 3.02. The number of hydrogen-bond donors (Lipinski definition) is 0. The Morgan fingerprint density at radius 2 is 1.75 bits per heavy atom. The van der Waals surface area contributed by atoms with Crippen LogP contribution < -0.4 is 0 Å². The normalized spacial score (nSPS) is 10.7. The summed E-state index contributed by atoms with van der Waals surface area (Å²) in [6.45, 7) is 0. The molecular formula is C15H9FN2O2. The summed E-state index contributed by atoms with van der Waals surface area (Å²) in [5.74, 6) is -1.81. The molecule has 0 fully saturated rings. The first kappa shape index (κ1) is 12.2. The number of aromatic nitrogens is 2. The van der Waals surface area contributed by atoms with Crippen molar-refractivity contribution in [1.29, 1.82) is 0 Å². The molecule has 0 aliphatic rings. The first-order valence-electron chi connectivity index (χ1n) is 5.93. The van der Waals surface area contributed by atoms with E-state index in [4.69, 9.17) is 0 Å². The average Bonchev–Trinajstić information content (AvgIpc) is 2.90. The van der Waals surface area contributed by atoms with Gasteiger partial charge in [0.15, 0.2) is 0 Å². The van der Waals surface area contributed by atoms with Gasteiger partial charge < -0.3 is 0 Å². The van der Waals surface area contributed by atoms with E-state index >= 15 is 0 Å². The maximum Gasteiger partial charge on any atom is 0.251 e. The van der Waals surface area contributed by atoms with Crippen LogP contribution in [0.3, 0.4) is 0 Å². The van der Waals surface area contributed by atoms with Gasteiger partial charge in [0.25, 0.3) is 5.78 Å². The molecule has 0 aliphatic heterocycles. The summed E-state index contributed by atoms with van der Waals surface area (Å²) in [5.41, 5.74) is 0.931. The monoisotopic (exact) mass is 268 g/mol. The fraction of sp³-hybridized carbons (Fsp3) is 0. The third-order valence-electron chi connectivity index (χ3n) is 2.96. The number of pyridine rings is 1. The first-order valence-corrected chi connectivity index (χ1v) is 5.93. The highest BCUT2D eigenvalue weighted by Gasteiger charge is 2.21. The van der Waals surface area contributed by atoms with Crippen molar-refractivity contribution in [3.05, 3.63) is 71.9 Å². The Morgan fingerprint density at radius 1 is 1.00 bits per heavy atom. The molecule has 3 aromatic rings. The molecule has 0 bridgehead atoms. The molecule has 0 N–H and O–H groups in total. The lowest BCUT2D eigenvalue weighted by Crippen LogP contribution is -2.16. The van der Waals surface area contributed by atoms with Crippen molar-refractivity contribution in [2.24, 2.45) is 0 Å². The van der Waals surface area contributed by atoms with Crippen LogP contribution in [-0.2, 0) is 0 Å². The minimum Gasteiger partial charge on any atom is -0.297 e. The van der Waals surface area contributed by atoms with Crippen molar-refractivity contribution < 1.29 is 14.0 Å². The van der Waals surface area contributed by atoms with Gasteiger partial charge in [0, 0.05) is 11.8 Å². The van der Waals surface area contributed by atoms with Crippen LogP contribution >= 0.6 is 0 Å². The molecule has 2 heterocycles. The zero-order valence-electron chi connectivity index (χ0n) is 10.3. The number of imidazole rings is 1. The van der Waals surface area contributed by atoms with Gasteiger partial charge >= 0.3 is 0 Å². The molecule has 0 spiro atoms. The highest BCUT2D eigenvalue weighted by molar-refractivity contribution is 6.48. The van der Waals surface area contributed by atoms with Crippen molar-refractivity contribution in [1.82, 2.24) is 9.38 Å². The number of Topliss-reactive ketones (excluding diaryl/α,β-unsaturated/α-hetero) is 2. The summed E-state index contributed by atoms with van der Waals surface area (Å²) >= 11 is 0. The molecule has 2 aromatic heterocycles. The molecule has 4 nitrogen and oxygen atoms in total. The van der Waals surface area contributed by atoms with Gasteiger partial charge in [0.05, 0.1) is 6.20 Å². The zero-order chi connectivity index (χ0) is 14.1. The Labute approximate surface area is 113 Å². The second-order valence-corrected chi connectivity index (χ2v) is 4.24. The SMILES string of the molecule is O=C(C(=O)c1cnc2ccccn12)c1ccc(F)cc1. The van der Waals surface area contributed by atoms with E-state index in [1.165, 1.54) is 18.3 Å². The average molecular weight is 268 g/mol. The smallest absolute Gasteiger partial charge is 0.251 e. The number of carbonyl (C=O) groups excluding carboxylic acids is 2. The predicted molar refractivity (Wildman–Crippen MR) is 70.3 cm³/mol. The fourth-order valence-corrected chi connectivity index (χ4v) is 1.95. The fourth-order valence-electron chi connectivity index (χ4n) is 1.95. The molecule has 0 radical (unpaired) electrons. The summed E-state index contributed by atoms with van der Waals surface area (Å²) < 4.78 is 14.4. The molecule has 0 unspecified atom stereocenters. The van der Waals surface area contributed by atoms with Gasteiger partial charge in [-0.05, 0) is 36.4 Å². The Balaban J connectivity index is 2.00. The van der Waals surface area contributed by atoms with E-state index in [0.717, 1.165) is 12.1 Å². The second-order valence-electron chi connectivity index (χ2n) is 4.24. The zero-order valence-corrected chi connectivity index (χ0v) is 10.3. The van der Waals surface area contributed by atoms with Crippen LogP contribution in [0, 0.1) is 5.82 Å². The molecule has 5 heteroatoms. The number of benzene rings is 1. The molecule has 0 amide bonds. The summed E-state index contributed by atoms with van der Waals surface area (Å²) in [6, 6.07) is 10.1. The number of carbonyl (C=O) groups is 2. The topological polar surface area (TPSA) is 51.4 Å². The van der Waals surface area contributed by atoms with E-state index < -0.39 is 17.4 Å². The number of rotatable bonds is 3. The number of ketones is 2. The van der Waals surface area contributed by atoms with Crippen molar-refractivity contribution in [2.45, 2.75) is 0 Å². The molecule has 0 saturated heterocycles. The first-order chi connectivity index (χ1) is 9.66. The minimum atomic E-state index is -0.685. The third kappa shape index (κ3) is 1.99. The van der Waals surface area contributed by atoms with Crippen LogP contribution in [0.25, 0.3) is 5.65 Å². The van der Waals surface area contributed by atoms with Crippen molar-refractivity contribution in [3.8, 4) is 0 Å². The van der Waals surface area contributed by atoms with Crippen molar-refractivity contribution >= 4 is 17.2 Å². The predicted octanol–water partition coefficient (Wildman–Crippen LogP) is 2.54.